The van der Waals surface area contributed by atoms with Gasteiger partial charge in [0.1, 0.15) is 0 Å². The molecule has 0 saturated heterocycles. The van der Waals surface area contributed by atoms with Crippen molar-refractivity contribution in [1.82, 2.24) is 0 Å². The Morgan fingerprint density at radius 1 is 1.12 bits per heavy atom. The van der Waals surface area contributed by atoms with Crippen LogP contribution in [-0.2, 0) is 10.3 Å². The maximum Gasteiger partial charge on any atom is 0.380 e. The van der Waals surface area contributed by atoms with Crippen LogP contribution in [0.5, 0.6) is 17.2 Å². The van der Waals surface area contributed by atoms with Gasteiger partial charge >= 0.3 is 10.3 Å². The molecule has 7 nitrogen and oxygen atoms in total. The van der Waals surface area contributed by atoms with Crippen LogP contribution in [0.15, 0.2) is 12.1 Å². The van der Waals surface area contributed by atoms with Gasteiger partial charge in [-0.15, -0.1) is 0 Å². The molecule has 0 unspecified atom stereocenters. The fraction of sp³-hybridized carbons (Fsp3) is 0.222. The molecule has 1 aromatic carbocycles. The molecular formula is C9H11NO6S. The van der Waals surface area contributed by atoms with E-state index in [2.05, 4.69) is 4.18 Å². The molecule has 0 aliphatic carbocycles. The minimum absolute atomic E-state index is 0.0170. The van der Waals surface area contributed by atoms with Gasteiger partial charge < -0.3 is 13.7 Å². The molecule has 1 aromatic rings. The molecule has 0 aliphatic heterocycles. The number of hydrogen-bond acceptors (Lipinski definition) is 6. The average Bonchev–Trinajstić information content (AvgIpc) is 2.26. The lowest BCUT2D eigenvalue weighted by atomic mass is 10.2. The fourth-order valence-corrected chi connectivity index (χ4v) is 1.56. The van der Waals surface area contributed by atoms with Crippen LogP contribution in [0.1, 0.15) is 10.4 Å². The van der Waals surface area contributed by atoms with Crippen LogP contribution in [0.3, 0.4) is 0 Å². The van der Waals surface area contributed by atoms with Crippen LogP contribution in [0.2, 0.25) is 0 Å². The van der Waals surface area contributed by atoms with Crippen LogP contribution in [0.4, 0.5) is 0 Å². The van der Waals surface area contributed by atoms with E-state index in [0.29, 0.717) is 6.29 Å². The fourth-order valence-electron chi connectivity index (χ4n) is 1.17. The van der Waals surface area contributed by atoms with E-state index >= 15 is 0 Å². The number of ether oxygens (including phenoxy) is 2. The van der Waals surface area contributed by atoms with Crippen molar-refractivity contribution < 1.29 is 26.9 Å². The van der Waals surface area contributed by atoms with E-state index in [-0.39, 0.29) is 22.8 Å². The van der Waals surface area contributed by atoms with Crippen molar-refractivity contribution in [3.05, 3.63) is 17.7 Å². The van der Waals surface area contributed by atoms with E-state index in [4.69, 9.17) is 14.6 Å². The summed E-state index contributed by atoms with van der Waals surface area (Å²) in [6.07, 6.45) is 0.419. The van der Waals surface area contributed by atoms with Gasteiger partial charge in [0.15, 0.2) is 23.5 Å². The first kappa shape index (κ1) is 13.3. The van der Waals surface area contributed by atoms with E-state index in [1.165, 1.54) is 26.4 Å². The molecule has 0 atom stereocenters. The highest BCUT2D eigenvalue weighted by atomic mass is 32.2. The van der Waals surface area contributed by atoms with E-state index < -0.39 is 10.3 Å². The summed E-state index contributed by atoms with van der Waals surface area (Å²) in [7, 11) is -1.47. The van der Waals surface area contributed by atoms with Crippen LogP contribution in [0, 0.1) is 0 Å². The maximum atomic E-state index is 10.8. The number of nitrogens with two attached hydrogens (primary N) is 1. The topological polar surface area (TPSA) is 105 Å². The van der Waals surface area contributed by atoms with Crippen molar-refractivity contribution >= 4 is 16.6 Å². The normalized spacial score (nSPS) is 10.8. The highest BCUT2D eigenvalue weighted by molar-refractivity contribution is 7.84. The summed E-state index contributed by atoms with van der Waals surface area (Å²) in [5, 5.41) is 4.72. The Labute approximate surface area is 98.3 Å². The van der Waals surface area contributed by atoms with Gasteiger partial charge in [-0.3, -0.25) is 4.79 Å². The summed E-state index contributed by atoms with van der Waals surface area (Å²) in [5.41, 5.74) is -0.0170. The molecule has 17 heavy (non-hydrogen) atoms. The quantitative estimate of drug-likeness (QED) is 0.753. The molecule has 0 spiro atoms. The zero-order chi connectivity index (χ0) is 13.1. The lowest BCUT2D eigenvalue weighted by molar-refractivity contribution is 0.112. The predicted octanol–water partition coefficient (Wildman–Crippen LogP) is 0.0986. The van der Waals surface area contributed by atoms with Gasteiger partial charge in [-0.2, -0.15) is 13.6 Å². The number of carbonyl (C=O) groups is 1. The molecule has 2 N–H and O–H groups in total. The first-order valence-corrected chi connectivity index (χ1v) is 5.82. The average molecular weight is 261 g/mol. The Balaban J connectivity index is 3.33. The molecule has 94 valence electrons. The van der Waals surface area contributed by atoms with Gasteiger partial charge in [-0.1, -0.05) is 0 Å². The van der Waals surface area contributed by atoms with Gasteiger partial charge in [-0.05, 0) is 6.07 Å². The largest absolute Gasteiger partial charge is 0.493 e. The van der Waals surface area contributed by atoms with Crippen LogP contribution in [0.25, 0.3) is 0 Å². The predicted molar refractivity (Wildman–Crippen MR) is 58.7 cm³/mol. The molecule has 0 saturated carbocycles. The third-order valence-corrected chi connectivity index (χ3v) is 2.26. The summed E-state index contributed by atoms with van der Waals surface area (Å²) >= 11 is 0. The molecule has 0 amide bonds. The zero-order valence-electron chi connectivity index (χ0n) is 9.17. The molecule has 0 bridgehead atoms. The lowest BCUT2D eigenvalue weighted by Crippen LogP contribution is -2.19. The third kappa shape index (κ3) is 3.33. The molecular weight excluding hydrogens is 250 g/mol. The summed E-state index contributed by atoms with van der Waals surface area (Å²) in [4.78, 5) is 10.8. The van der Waals surface area contributed by atoms with Gasteiger partial charge in [0.2, 0.25) is 0 Å². The summed E-state index contributed by atoms with van der Waals surface area (Å²) in [6.45, 7) is 0. The van der Waals surface area contributed by atoms with Gasteiger partial charge in [0, 0.05) is 6.07 Å². The van der Waals surface area contributed by atoms with Gasteiger partial charge in [0.25, 0.3) is 0 Å². The van der Waals surface area contributed by atoms with Crippen molar-refractivity contribution in [2.24, 2.45) is 5.14 Å². The Bertz CT molecular complexity index is 525. The van der Waals surface area contributed by atoms with Gasteiger partial charge in [0.05, 0.1) is 19.8 Å². The third-order valence-electron chi connectivity index (χ3n) is 1.85. The van der Waals surface area contributed by atoms with Crippen molar-refractivity contribution in [1.29, 1.82) is 0 Å². The lowest BCUT2D eigenvalue weighted by Gasteiger charge is -2.11. The van der Waals surface area contributed by atoms with E-state index in [0.717, 1.165) is 0 Å². The Morgan fingerprint density at radius 3 is 2.06 bits per heavy atom. The van der Waals surface area contributed by atoms with E-state index in [9.17, 15) is 13.2 Å². The first-order valence-electron chi connectivity index (χ1n) is 4.34. The molecule has 8 heteroatoms. The monoisotopic (exact) mass is 261 g/mol. The van der Waals surface area contributed by atoms with Crippen LogP contribution >= 0.6 is 0 Å². The summed E-state index contributed by atoms with van der Waals surface area (Å²) in [5.74, 6) is 0.272. The van der Waals surface area contributed by atoms with Crippen molar-refractivity contribution in [2.45, 2.75) is 0 Å². The Morgan fingerprint density at radius 2 is 1.65 bits per heavy atom. The zero-order valence-corrected chi connectivity index (χ0v) is 9.98. The minimum Gasteiger partial charge on any atom is -0.493 e. The standard InChI is InChI=1S/C9H11NO6S/c1-14-8-3-6(5-11)7(4-9(8)15-2)16-17(10,12)13/h3-5H,1-2H3,(H2,10,12,13). The minimum atomic E-state index is -4.21. The van der Waals surface area contributed by atoms with E-state index in [1.807, 2.05) is 0 Å². The smallest absolute Gasteiger partial charge is 0.380 e. The van der Waals surface area contributed by atoms with Crippen molar-refractivity contribution in [3.8, 4) is 17.2 Å². The number of carbonyl (C=O) groups excluding carboxylic acids is 1. The first-order chi connectivity index (χ1) is 7.91. The number of hydrogen-bond donors (Lipinski definition) is 1. The Hall–Kier alpha value is -1.80. The molecule has 0 aliphatic rings. The number of methoxy groups -OCH3 is 2. The second-order valence-corrected chi connectivity index (χ2v) is 4.09. The summed E-state index contributed by atoms with van der Waals surface area (Å²) in [6, 6.07) is 2.49. The number of rotatable bonds is 5. The molecule has 0 aromatic heterocycles. The molecule has 0 radical (unpaired) electrons. The van der Waals surface area contributed by atoms with Crippen LogP contribution < -0.4 is 18.8 Å². The highest BCUT2D eigenvalue weighted by Gasteiger charge is 2.15. The second kappa shape index (κ2) is 5.02. The Kier molecular flexibility index (Phi) is 3.92. The number of benzene rings is 1. The highest BCUT2D eigenvalue weighted by Crippen LogP contribution is 2.34. The van der Waals surface area contributed by atoms with Gasteiger partial charge in [-0.25, -0.2) is 0 Å². The SMILES string of the molecule is COc1cc(C=O)c(OS(N)(=O)=O)cc1OC. The number of aldehydes is 1. The molecule has 1 rings (SSSR count). The second-order valence-electron chi connectivity index (χ2n) is 2.94. The van der Waals surface area contributed by atoms with Crippen molar-refractivity contribution in [3.63, 3.8) is 0 Å². The van der Waals surface area contributed by atoms with E-state index in [1.54, 1.807) is 0 Å². The maximum absolute atomic E-state index is 10.8. The molecule has 0 fully saturated rings. The van der Waals surface area contributed by atoms with Crippen molar-refractivity contribution in [2.75, 3.05) is 14.2 Å². The van der Waals surface area contributed by atoms with Crippen LogP contribution in [-0.4, -0.2) is 28.9 Å². The molecule has 0 heterocycles. The summed E-state index contributed by atoms with van der Waals surface area (Å²) < 4.78 is 35.9.